The van der Waals surface area contributed by atoms with E-state index in [-0.39, 0.29) is 36.9 Å². The molecule has 1 aliphatic carbocycles. The van der Waals surface area contributed by atoms with Crippen LogP contribution in [-0.4, -0.2) is 47.1 Å². The zero-order valence-electron chi connectivity index (χ0n) is 18.7. The number of rotatable bonds is 8. The van der Waals surface area contributed by atoms with Crippen LogP contribution in [0.4, 0.5) is 0 Å². The van der Waals surface area contributed by atoms with Crippen LogP contribution < -0.4 is 15.4 Å². The molecule has 1 fully saturated rings. The van der Waals surface area contributed by atoms with Crippen molar-refractivity contribution in [2.45, 2.75) is 31.8 Å². The van der Waals surface area contributed by atoms with E-state index in [0.717, 1.165) is 10.9 Å². The standard InChI is InChI=1S/C26H27N3O5/c30-24(17-5-9-21(10-6-17)34-22-11-7-18(8-12-22)26(32)33)27-13-14-28-25(31)20-15-19-3-1-2-4-23(19)29-16-20/h1-6,9-10,15-16,18,22H,7-8,11-14H2,(H,27,30)(H,28,31)(H,32,33)/t18-,22+. The van der Waals surface area contributed by atoms with Crippen molar-refractivity contribution >= 4 is 28.7 Å². The Hall–Kier alpha value is -3.94. The van der Waals surface area contributed by atoms with Crippen LogP contribution in [0, 0.1) is 5.92 Å². The molecule has 1 aliphatic rings. The number of nitrogens with zero attached hydrogens (tertiary/aromatic N) is 1. The summed E-state index contributed by atoms with van der Waals surface area (Å²) in [6.45, 7) is 0.578. The van der Waals surface area contributed by atoms with E-state index in [1.807, 2.05) is 24.3 Å². The molecule has 8 nitrogen and oxygen atoms in total. The number of aromatic nitrogens is 1. The summed E-state index contributed by atoms with van der Waals surface area (Å²) in [4.78, 5) is 40.1. The number of carboxylic acids is 1. The number of carbonyl (C=O) groups is 3. The van der Waals surface area contributed by atoms with Crippen molar-refractivity contribution < 1.29 is 24.2 Å². The summed E-state index contributed by atoms with van der Waals surface area (Å²) in [5, 5.41) is 15.5. The molecule has 4 rings (SSSR count). The molecule has 3 aromatic rings. The number of benzene rings is 2. The Morgan fingerprint density at radius 3 is 2.21 bits per heavy atom. The first-order valence-electron chi connectivity index (χ1n) is 11.4. The molecule has 2 aromatic carbocycles. The third kappa shape index (κ3) is 5.89. The topological polar surface area (TPSA) is 118 Å². The predicted molar refractivity (Wildman–Crippen MR) is 127 cm³/mol. The number of carbonyl (C=O) groups excluding carboxylic acids is 2. The van der Waals surface area contributed by atoms with E-state index in [1.165, 1.54) is 6.20 Å². The number of hydrogen-bond acceptors (Lipinski definition) is 5. The van der Waals surface area contributed by atoms with Crippen molar-refractivity contribution in [1.29, 1.82) is 0 Å². The van der Waals surface area contributed by atoms with Crippen LogP contribution in [0.1, 0.15) is 46.4 Å². The van der Waals surface area contributed by atoms with Crippen molar-refractivity contribution in [1.82, 2.24) is 15.6 Å². The van der Waals surface area contributed by atoms with E-state index in [1.54, 1.807) is 30.3 Å². The molecule has 0 bridgehead atoms. The van der Waals surface area contributed by atoms with Crippen LogP contribution in [0.15, 0.2) is 60.8 Å². The van der Waals surface area contributed by atoms with Crippen LogP contribution >= 0.6 is 0 Å². The van der Waals surface area contributed by atoms with Gasteiger partial charge < -0.3 is 20.5 Å². The second-order valence-electron chi connectivity index (χ2n) is 8.38. The zero-order valence-corrected chi connectivity index (χ0v) is 18.7. The summed E-state index contributed by atoms with van der Waals surface area (Å²) in [5.41, 5.74) is 1.79. The van der Waals surface area contributed by atoms with Gasteiger partial charge in [-0.25, -0.2) is 0 Å². The monoisotopic (exact) mass is 461 g/mol. The minimum atomic E-state index is -0.737. The van der Waals surface area contributed by atoms with Crippen molar-refractivity contribution in [3.63, 3.8) is 0 Å². The SMILES string of the molecule is O=C(NCCNC(=O)c1cnc2ccccc2c1)c1ccc(O[C@H]2CC[C@@H](C(=O)O)CC2)cc1. The lowest BCUT2D eigenvalue weighted by Gasteiger charge is -2.26. The Morgan fingerprint density at radius 2 is 1.53 bits per heavy atom. The van der Waals surface area contributed by atoms with E-state index < -0.39 is 5.97 Å². The van der Waals surface area contributed by atoms with Gasteiger partial charge in [0.1, 0.15) is 5.75 Å². The highest BCUT2D eigenvalue weighted by atomic mass is 16.5. The number of para-hydroxylation sites is 1. The Bertz CT molecular complexity index is 1170. The maximum absolute atomic E-state index is 12.4. The normalized spacial score (nSPS) is 17.6. The number of nitrogens with one attached hydrogen (secondary N) is 2. The maximum atomic E-state index is 12.4. The molecular formula is C26H27N3O5. The highest BCUT2D eigenvalue weighted by Crippen LogP contribution is 2.28. The van der Waals surface area contributed by atoms with Gasteiger partial charge in [-0.2, -0.15) is 0 Å². The second kappa shape index (κ2) is 10.8. The molecule has 0 saturated heterocycles. The lowest BCUT2D eigenvalue weighted by atomic mass is 9.87. The van der Waals surface area contributed by atoms with Crippen LogP contribution in [-0.2, 0) is 4.79 Å². The first-order chi connectivity index (χ1) is 16.5. The van der Waals surface area contributed by atoms with E-state index in [0.29, 0.717) is 42.6 Å². The third-order valence-corrected chi connectivity index (χ3v) is 5.99. The molecule has 0 unspecified atom stereocenters. The predicted octanol–water partition coefficient (Wildman–Crippen LogP) is 3.42. The van der Waals surface area contributed by atoms with Crippen molar-refractivity contribution in [2.24, 2.45) is 5.92 Å². The summed E-state index contributed by atoms with van der Waals surface area (Å²) >= 11 is 0. The van der Waals surface area contributed by atoms with Crippen molar-refractivity contribution in [3.8, 4) is 5.75 Å². The summed E-state index contributed by atoms with van der Waals surface area (Å²) in [6.07, 6.45) is 4.19. The van der Waals surface area contributed by atoms with E-state index >= 15 is 0 Å². The molecule has 176 valence electrons. The smallest absolute Gasteiger partial charge is 0.306 e. The van der Waals surface area contributed by atoms with Crippen LogP contribution in [0.2, 0.25) is 0 Å². The fourth-order valence-corrected chi connectivity index (χ4v) is 4.06. The van der Waals surface area contributed by atoms with Crippen molar-refractivity contribution in [3.05, 3.63) is 71.9 Å². The van der Waals surface area contributed by atoms with Gasteiger partial charge in [0, 0.05) is 30.2 Å². The average molecular weight is 462 g/mol. The molecule has 0 radical (unpaired) electrons. The molecule has 8 heteroatoms. The van der Waals surface area contributed by atoms with Crippen LogP contribution in [0.5, 0.6) is 5.75 Å². The number of carboxylic acid groups (broad SMARTS) is 1. The number of hydrogen-bond donors (Lipinski definition) is 3. The highest BCUT2D eigenvalue weighted by Gasteiger charge is 2.26. The molecule has 0 aliphatic heterocycles. The number of pyridine rings is 1. The second-order valence-corrected chi connectivity index (χ2v) is 8.38. The Kier molecular flexibility index (Phi) is 7.37. The van der Waals surface area contributed by atoms with E-state index in [2.05, 4.69) is 15.6 Å². The van der Waals surface area contributed by atoms with E-state index in [4.69, 9.17) is 9.84 Å². The van der Waals surface area contributed by atoms with E-state index in [9.17, 15) is 14.4 Å². The average Bonchev–Trinajstić information content (AvgIpc) is 2.87. The van der Waals surface area contributed by atoms with Gasteiger partial charge in [-0.15, -0.1) is 0 Å². The Morgan fingerprint density at radius 1 is 0.882 bits per heavy atom. The molecule has 2 amide bonds. The molecular weight excluding hydrogens is 434 g/mol. The first-order valence-corrected chi connectivity index (χ1v) is 11.4. The molecule has 34 heavy (non-hydrogen) atoms. The van der Waals surface area contributed by atoms with Gasteiger partial charge in [0.2, 0.25) is 0 Å². The molecule has 1 aromatic heterocycles. The van der Waals surface area contributed by atoms with Gasteiger partial charge in [0.25, 0.3) is 11.8 Å². The minimum Gasteiger partial charge on any atom is -0.490 e. The largest absolute Gasteiger partial charge is 0.490 e. The molecule has 0 spiro atoms. The zero-order chi connectivity index (χ0) is 23.9. The third-order valence-electron chi connectivity index (χ3n) is 5.99. The summed E-state index contributed by atoms with van der Waals surface area (Å²) in [6, 6.07) is 16.2. The van der Waals surface area contributed by atoms with Crippen molar-refractivity contribution in [2.75, 3.05) is 13.1 Å². The minimum absolute atomic E-state index is 0.00306. The van der Waals surface area contributed by atoms with Gasteiger partial charge in [-0.1, -0.05) is 18.2 Å². The number of fused-ring (bicyclic) bond motifs is 1. The lowest BCUT2D eigenvalue weighted by Crippen LogP contribution is -2.34. The van der Waals surface area contributed by atoms with Crippen LogP contribution in [0.3, 0.4) is 0 Å². The van der Waals surface area contributed by atoms with Gasteiger partial charge in [-0.3, -0.25) is 19.4 Å². The molecule has 1 saturated carbocycles. The summed E-state index contributed by atoms with van der Waals surface area (Å²) < 4.78 is 5.93. The maximum Gasteiger partial charge on any atom is 0.306 e. The number of amides is 2. The number of ether oxygens (including phenoxy) is 1. The Labute approximate surface area is 197 Å². The van der Waals surface area contributed by atoms with Crippen LogP contribution in [0.25, 0.3) is 10.9 Å². The fourth-order valence-electron chi connectivity index (χ4n) is 4.06. The molecule has 0 atom stereocenters. The van der Waals surface area contributed by atoms with Gasteiger partial charge in [0.15, 0.2) is 0 Å². The van der Waals surface area contributed by atoms with Gasteiger partial charge in [0.05, 0.1) is 23.1 Å². The summed E-state index contributed by atoms with van der Waals surface area (Å²) in [5.74, 6) is -0.841. The fraction of sp³-hybridized carbons (Fsp3) is 0.308. The quantitative estimate of drug-likeness (QED) is 0.443. The highest BCUT2D eigenvalue weighted by molar-refractivity contribution is 5.97. The summed E-state index contributed by atoms with van der Waals surface area (Å²) in [7, 11) is 0. The number of aliphatic carboxylic acids is 1. The van der Waals surface area contributed by atoms with Gasteiger partial charge in [-0.05, 0) is 62.1 Å². The molecule has 1 heterocycles. The molecule has 3 N–H and O–H groups in total. The van der Waals surface area contributed by atoms with Gasteiger partial charge >= 0.3 is 5.97 Å². The Balaban J connectivity index is 1.19. The lowest BCUT2D eigenvalue weighted by molar-refractivity contribution is -0.143. The first kappa shape index (κ1) is 23.2.